The maximum atomic E-state index is 5.16. The quantitative estimate of drug-likeness (QED) is 0.815. The lowest BCUT2D eigenvalue weighted by molar-refractivity contribution is 0.334. The largest absolute Gasteiger partial charge is 0.412 e. The first-order valence-electron chi connectivity index (χ1n) is 6.35. The molecule has 0 heterocycles. The molecule has 0 saturated heterocycles. The zero-order valence-electron chi connectivity index (χ0n) is 10.7. The molecule has 2 nitrogen and oxygen atoms in total. The minimum atomic E-state index is 0.717. The molecule has 0 atom stereocenters. The maximum absolute atomic E-state index is 5.16. The number of hydrogen-bond donors (Lipinski definition) is 1. The molecule has 2 rings (SSSR count). The van der Waals surface area contributed by atoms with Gasteiger partial charge in [-0.1, -0.05) is 43.3 Å². The monoisotopic (exact) mass is 241 g/mol. The fraction of sp³-hybridized carbons (Fsp3) is 0.250. The number of aryl methyl sites for hydroxylation is 3. The van der Waals surface area contributed by atoms with E-state index < -0.39 is 0 Å². The Balaban J connectivity index is 1.97. The lowest BCUT2D eigenvalue weighted by atomic mass is 10.0. The van der Waals surface area contributed by atoms with E-state index in [4.69, 9.17) is 10.7 Å². The highest BCUT2D eigenvalue weighted by atomic mass is 16.6. The standard InChI is InChI=1S/C16H19NO/c1-2-13-6-8-14(9-7-13)10-11-15-4-3-5-16(12-15)18-17/h3-9,12H,2,10-11,17H2,1H3. The van der Waals surface area contributed by atoms with Crippen molar-refractivity contribution in [3.63, 3.8) is 0 Å². The second-order valence-electron chi connectivity index (χ2n) is 4.44. The highest BCUT2D eigenvalue weighted by Gasteiger charge is 1.98. The molecule has 0 aliphatic rings. The average Bonchev–Trinajstić information content (AvgIpc) is 2.46. The Morgan fingerprint density at radius 2 is 1.56 bits per heavy atom. The molecular formula is C16H19NO. The van der Waals surface area contributed by atoms with Gasteiger partial charge < -0.3 is 4.84 Å². The average molecular weight is 241 g/mol. The smallest absolute Gasteiger partial charge is 0.147 e. The van der Waals surface area contributed by atoms with E-state index in [1.54, 1.807) is 0 Å². The molecule has 0 bridgehead atoms. The first kappa shape index (κ1) is 12.7. The van der Waals surface area contributed by atoms with E-state index >= 15 is 0 Å². The van der Waals surface area contributed by atoms with Gasteiger partial charge in [0.15, 0.2) is 0 Å². The lowest BCUT2D eigenvalue weighted by Crippen LogP contribution is -2.02. The summed E-state index contributed by atoms with van der Waals surface area (Å²) in [5, 5.41) is 0. The van der Waals surface area contributed by atoms with Crippen LogP contribution in [0.4, 0.5) is 0 Å². The van der Waals surface area contributed by atoms with Crippen LogP contribution in [0, 0.1) is 0 Å². The van der Waals surface area contributed by atoms with E-state index in [9.17, 15) is 0 Å². The van der Waals surface area contributed by atoms with Crippen LogP contribution in [0.15, 0.2) is 48.5 Å². The van der Waals surface area contributed by atoms with E-state index in [1.165, 1.54) is 16.7 Å². The normalized spacial score (nSPS) is 10.3. The number of rotatable bonds is 5. The minimum Gasteiger partial charge on any atom is -0.412 e. The number of nitrogens with two attached hydrogens (primary N) is 1. The molecule has 0 aliphatic carbocycles. The Morgan fingerprint density at radius 3 is 2.22 bits per heavy atom. The summed E-state index contributed by atoms with van der Waals surface area (Å²) < 4.78 is 0. The van der Waals surface area contributed by atoms with Crippen LogP contribution in [0.1, 0.15) is 23.6 Å². The van der Waals surface area contributed by atoms with Gasteiger partial charge in [0, 0.05) is 0 Å². The van der Waals surface area contributed by atoms with Crippen molar-refractivity contribution in [2.24, 2.45) is 5.90 Å². The van der Waals surface area contributed by atoms with Crippen molar-refractivity contribution in [2.75, 3.05) is 0 Å². The second-order valence-corrected chi connectivity index (χ2v) is 4.44. The van der Waals surface area contributed by atoms with Crippen LogP contribution in [0.3, 0.4) is 0 Å². The fourth-order valence-electron chi connectivity index (χ4n) is 2.00. The predicted molar refractivity (Wildman–Crippen MR) is 74.5 cm³/mol. The van der Waals surface area contributed by atoms with Crippen LogP contribution in [0.2, 0.25) is 0 Å². The Bertz CT molecular complexity index is 491. The van der Waals surface area contributed by atoms with Gasteiger partial charge in [0.25, 0.3) is 0 Å². The topological polar surface area (TPSA) is 35.2 Å². The van der Waals surface area contributed by atoms with Gasteiger partial charge >= 0.3 is 0 Å². The van der Waals surface area contributed by atoms with Crippen molar-refractivity contribution in [3.8, 4) is 5.75 Å². The summed E-state index contributed by atoms with van der Waals surface area (Å²) in [4.78, 5) is 4.74. The van der Waals surface area contributed by atoms with E-state index in [1.807, 2.05) is 18.2 Å². The van der Waals surface area contributed by atoms with Gasteiger partial charge in [-0.25, -0.2) is 0 Å². The van der Waals surface area contributed by atoms with Gasteiger partial charge in [0.2, 0.25) is 0 Å². The molecule has 2 aromatic carbocycles. The van der Waals surface area contributed by atoms with Crippen LogP contribution in [-0.4, -0.2) is 0 Å². The van der Waals surface area contributed by atoms with Crippen molar-refractivity contribution < 1.29 is 4.84 Å². The minimum absolute atomic E-state index is 0.717. The van der Waals surface area contributed by atoms with Gasteiger partial charge in [0.1, 0.15) is 5.75 Å². The van der Waals surface area contributed by atoms with Gasteiger partial charge in [0.05, 0.1) is 0 Å². The summed E-state index contributed by atoms with van der Waals surface area (Å²) in [6, 6.07) is 16.7. The molecule has 2 N–H and O–H groups in total. The molecule has 2 aromatic rings. The predicted octanol–water partition coefficient (Wildman–Crippen LogP) is 3.29. The van der Waals surface area contributed by atoms with Gasteiger partial charge in [-0.05, 0) is 48.1 Å². The van der Waals surface area contributed by atoms with E-state index in [0.717, 1.165) is 19.3 Å². The molecule has 0 amide bonds. The molecule has 0 radical (unpaired) electrons. The highest BCUT2D eigenvalue weighted by Crippen LogP contribution is 2.14. The molecule has 0 saturated carbocycles. The summed E-state index contributed by atoms with van der Waals surface area (Å²) in [7, 11) is 0. The van der Waals surface area contributed by atoms with Crippen LogP contribution >= 0.6 is 0 Å². The number of hydrogen-bond acceptors (Lipinski definition) is 2. The first-order valence-corrected chi connectivity index (χ1v) is 6.35. The van der Waals surface area contributed by atoms with E-state index in [-0.39, 0.29) is 0 Å². The molecule has 0 fully saturated rings. The molecule has 0 aromatic heterocycles. The Kier molecular flexibility index (Phi) is 4.37. The molecule has 18 heavy (non-hydrogen) atoms. The molecule has 0 aliphatic heterocycles. The highest BCUT2D eigenvalue weighted by molar-refractivity contribution is 5.29. The van der Waals surface area contributed by atoms with E-state index in [2.05, 4.69) is 37.3 Å². The SMILES string of the molecule is CCc1ccc(CCc2cccc(ON)c2)cc1. The van der Waals surface area contributed by atoms with Crippen molar-refractivity contribution in [3.05, 3.63) is 65.2 Å². The molecule has 94 valence electrons. The maximum Gasteiger partial charge on any atom is 0.147 e. The number of benzene rings is 2. The lowest BCUT2D eigenvalue weighted by Gasteiger charge is -2.05. The summed E-state index contributed by atoms with van der Waals surface area (Å²) in [6.45, 7) is 2.17. The van der Waals surface area contributed by atoms with Gasteiger partial charge in [-0.2, -0.15) is 5.90 Å². The summed E-state index contributed by atoms with van der Waals surface area (Å²) in [5.74, 6) is 5.87. The molecule has 0 spiro atoms. The zero-order valence-corrected chi connectivity index (χ0v) is 10.7. The molecule has 0 unspecified atom stereocenters. The van der Waals surface area contributed by atoms with Crippen LogP contribution in [0.5, 0.6) is 5.75 Å². The van der Waals surface area contributed by atoms with Crippen molar-refractivity contribution in [1.82, 2.24) is 0 Å². The first-order chi connectivity index (χ1) is 8.81. The van der Waals surface area contributed by atoms with Crippen LogP contribution in [0.25, 0.3) is 0 Å². The van der Waals surface area contributed by atoms with E-state index in [0.29, 0.717) is 5.75 Å². The van der Waals surface area contributed by atoms with Crippen molar-refractivity contribution in [2.45, 2.75) is 26.2 Å². The summed E-state index contributed by atoms with van der Waals surface area (Å²) in [5.41, 5.74) is 4.00. The van der Waals surface area contributed by atoms with Crippen LogP contribution in [-0.2, 0) is 19.3 Å². The van der Waals surface area contributed by atoms with Gasteiger partial charge in [-0.15, -0.1) is 0 Å². The Labute approximate surface area is 108 Å². The Morgan fingerprint density at radius 1 is 0.889 bits per heavy atom. The fourth-order valence-corrected chi connectivity index (χ4v) is 2.00. The second kappa shape index (κ2) is 6.22. The third kappa shape index (κ3) is 3.34. The van der Waals surface area contributed by atoms with Crippen molar-refractivity contribution in [1.29, 1.82) is 0 Å². The molecular weight excluding hydrogens is 222 g/mol. The summed E-state index contributed by atoms with van der Waals surface area (Å²) in [6.07, 6.45) is 3.14. The van der Waals surface area contributed by atoms with Crippen molar-refractivity contribution >= 4 is 0 Å². The third-order valence-corrected chi connectivity index (χ3v) is 3.17. The molecule has 2 heteroatoms. The zero-order chi connectivity index (χ0) is 12.8. The van der Waals surface area contributed by atoms with Gasteiger partial charge in [-0.3, -0.25) is 0 Å². The third-order valence-electron chi connectivity index (χ3n) is 3.17. The Hall–Kier alpha value is -1.80. The summed E-state index contributed by atoms with van der Waals surface area (Å²) >= 11 is 0. The van der Waals surface area contributed by atoms with Crippen LogP contribution < -0.4 is 10.7 Å².